The van der Waals surface area contributed by atoms with Gasteiger partial charge in [-0.05, 0) is 32.0 Å². The number of aliphatic hydroxyl groups is 1. The average Bonchev–Trinajstić information content (AvgIpc) is 2.88. The Kier molecular flexibility index (Phi) is 4.85. The first-order chi connectivity index (χ1) is 9.99. The van der Waals surface area contributed by atoms with E-state index in [0.717, 1.165) is 0 Å². The van der Waals surface area contributed by atoms with E-state index in [4.69, 9.17) is 14.6 Å². The van der Waals surface area contributed by atoms with E-state index in [9.17, 15) is 8.78 Å². The first-order valence-electron chi connectivity index (χ1n) is 6.47. The van der Waals surface area contributed by atoms with Crippen molar-refractivity contribution in [3.63, 3.8) is 0 Å². The highest BCUT2D eigenvalue weighted by Gasteiger charge is 2.21. The molecule has 7 heteroatoms. The Morgan fingerprint density at radius 2 is 2.05 bits per heavy atom. The van der Waals surface area contributed by atoms with E-state index in [1.807, 2.05) is 0 Å². The Hall–Kier alpha value is -2.02. The molecule has 5 nitrogen and oxygen atoms in total. The van der Waals surface area contributed by atoms with Crippen LogP contribution < -0.4 is 14.8 Å². The molecule has 0 aliphatic carbocycles. The summed E-state index contributed by atoms with van der Waals surface area (Å²) in [6, 6.07) is 4.57. The Morgan fingerprint density at radius 3 is 2.62 bits per heavy atom. The third-order valence-corrected chi connectivity index (χ3v) is 2.68. The van der Waals surface area contributed by atoms with Gasteiger partial charge in [-0.1, -0.05) is 0 Å². The van der Waals surface area contributed by atoms with E-state index in [1.165, 1.54) is 12.3 Å². The highest BCUT2D eigenvalue weighted by atomic mass is 19.3. The fraction of sp³-hybridized carbons (Fsp3) is 0.429. The second-order valence-corrected chi connectivity index (χ2v) is 4.71. The number of ether oxygens (including phenoxy) is 3. The van der Waals surface area contributed by atoms with Crippen LogP contribution in [-0.4, -0.2) is 24.4 Å². The lowest BCUT2D eigenvalue weighted by Gasteiger charge is -2.18. The molecule has 2 N–H and O–H groups in total. The second-order valence-electron chi connectivity index (χ2n) is 4.71. The third-order valence-electron chi connectivity index (χ3n) is 2.68. The first kappa shape index (κ1) is 15.4. The van der Waals surface area contributed by atoms with Gasteiger partial charge in [-0.3, -0.25) is 0 Å². The molecule has 2 rings (SSSR count). The zero-order chi connectivity index (χ0) is 15.4. The van der Waals surface area contributed by atoms with Gasteiger partial charge < -0.3 is 24.6 Å². The summed E-state index contributed by atoms with van der Waals surface area (Å²) in [7, 11) is 0. The summed E-state index contributed by atoms with van der Waals surface area (Å²) in [5.74, 6) is 0.182. The number of rotatable bonds is 6. The molecule has 1 aliphatic rings. The van der Waals surface area contributed by atoms with E-state index in [0.29, 0.717) is 11.3 Å². The Labute approximate surface area is 121 Å². The number of alkyl halides is 2. The standard InChI is InChI=1S/C14H17F2NO4/c1-8(2)20-12-5-9(3-4-11(12)21-14(15)16)13-17-10(6-18)7-19-13/h3-5,7-8,13-14,17-18H,6H2,1-2H3. The second kappa shape index (κ2) is 6.62. The third kappa shape index (κ3) is 3.98. The maximum atomic E-state index is 12.4. The predicted molar refractivity (Wildman–Crippen MR) is 71.0 cm³/mol. The molecule has 0 amide bonds. The molecule has 1 aromatic carbocycles. The fourth-order valence-corrected chi connectivity index (χ4v) is 1.86. The monoisotopic (exact) mass is 301 g/mol. The lowest BCUT2D eigenvalue weighted by Crippen LogP contribution is -2.18. The van der Waals surface area contributed by atoms with Crippen molar-refractivity contribution in [2.24, 2.45) is 0 Å². The zero-order valence-corrected chi connectivity index (χ0v) is 11.7. The van der Waals surface area contributed by atoms with Crippen LogP contribution in [0.2, 0.25) is 0 Å². The molecule has 1 unspecified atom stereocenters. The summed E-state index contributed by atoms with van der Waals surface area (Å²) < 4.78 is 40.0. The van der Waals surface area contributed by atoms with Gasteiger partial charge in [-0.2, -0.15) is 8.78 Å². The minimum atomic E-state index is -2.92. The SMILES string of the molecule is CC(C)Oc1cc(C2NC(CO)=CO2)ccc1OC(F)F. The van der Waals surface area contributed by atoms with Crippen LogP contribution in [0, 0.1) is 0 Å². The van der Waals surface area contributed by atoms with Gasteiger partial charge in [-0.15, -0.1) is 0 Å². The van der Waals surface area contributed by atoms with E-state index in [1.54, 1.807) is 26.0 Å². The largest absolute Gasteiger partial charge is 0.487 e. The number of halogens is 2. The van der Waals surface area contributed by atoms with Crippen molar-refractivity contribution in [1.29, 1.82) is 0 Å². The van der Waals surface area contributed by atoms with Gasteiger partial charge >= 0.3 is 6.61 Å². The van der Waals surface area contributed by atoms with Crippen LogP contribution in [0.1, 0.15) is 25.6 Å². The molecular formula is C14H17F2NO4. The van der Waals surface area contributed by atoms with Crippen molar-refractivity contribution in [3.8, 4) is 11.5 Å². The van der Waals surface area contributed by atoms with Crippen LogP contribution in [0.4, 0.5) is 8.78 Å². The average molecular weight is 301 g/mol. The minimum absolute atomic E-state index is 0.0317. The Balaban J connectivity index is 2.20. The zero-order valence-electron chi connectivity index (χ0n) is 11.7. The summed E-state index contributed by atoms with van der Waals surface area (Å²) in [6.45, 7) is 0.482. The summed E-state index contributed by atoms with van der Waals surface area (Å²) in [6.07, 6.45) is 0.725. The molecule has 1 atom stereocenters. The van der Waals surface area contributed by atoms with Crippen LogP contribution in [0.5, 0.6) is 11.5 Å². The van der Waals surface area contributed by atoms with Gasteiger partial charge in [0.05, 0.1) is 18.4 Å². The number of hydrogen-bond donors (Lipinski definition) is 2. The molecule has 0 aromatic heterocycles. The molecule has 0 radical (unpaired) electrons. The highest BCUT2D eigenvalue weighted by molar-refractivity contribution is 5.44. The van der Waals surface area contributed by atoms with Gasteiger partial charge in [-0.25, -0.2) is 0 Å². The Morgan fingerprint density at radius 1 is 1.29 bits per heavy atom. The van der Waals surface area contributed by atoms with Gasteiger partial charge in [0.1, 0.15) is 6.26 Å². The molecule has 1 aromatic rings. The number of aliphatic hydroxyl groups excluding tert-OH is 1. The lowest BCUT2D eigenvalue weighted by atomic mass is 10.1. The Bertz CT molecular complexity index is 520. The molecule has 0 saturated heterocycles. The van der Waals surface area contributed by atoms with Gasteiger partial charge in [0.25, 0.3) is 0 Å². The normalized spacial score (nSPS) is 17.5. The van der Waals surface area contributed by atoms with Crippen LogP contribution >= 0.6 is 0 Å². The number of nitrogens with one attached hydrogen (secondary N) is 1. The molecule has 1 heterocycles. The van der Waals surface area contributed by atoms with Gasteiger partial charge in [0.15, 0.2) is 17.7 Å². The molecule has 0 saturated carbocycles. The number of benzene rings is 1. The van der Waals surface area contributed by atoms with E-state index in [2.05, 4.69) is 10.1 Å². The maximum Gasteiger partial charge on any atom is 0.387 e. The summed E-state index contributed by atoms with van der Waals surface area (Å²) >= 11 is 0. The van der Waals surface area contributed by atoms with Crippen molar-refractivity contribution in [2.45, 2.75) is 32.8 Å². The molecular weight excluding hydrogens is 284 g/mol. The summed E-state index contributed by atoms with van der Waals surface area (Å²) in [5.41, 5.74) is 1.21. The van der Waals surface area contributed by atoms with Gasteiger partial charge in [0.2, 0.25) is 0 Å². The smallest absolute Gasteiger partial charge is 0.387 e. The molecule has 0 fully saturated rings. The van der Waals surface area contributed by atoms with Crippen molar-refractivity contribution in [3.05, 3.63) is 35.7 Å². The van der Waals surface area contributed by atoms with Crippen LogP contribution in [0.15, 0.2) is 30.2 Å². The van der Waals surface area contributed by atoms with E-state index in [-0.39, 0.29) is 24.2 Å². The van der Waals surface area contributed by atoms with E-state index < -0.39 is 12.8 Å². The fourth-order valence-electron chi connectivity index (χ4n) is 1.86. The van der Waals surface area contributed by atoms with Gasteiger partial charge in [0, 0.05) is 5.56 Å². The summed E-state index contributed by atoms with van der Waals surface area (Å²) in [5, 5.41) is 12.0. The predicted octanol–water partition coefficient (Wildman–Crippen LogP) is 2.53. The molecule has 0 spiro atoms. The lowest BCUT2D eigenvalue weighted by molar-refractivity contribution is -0.0519. The highest BCUT2D eigenvalue weighted by Crippen LogP contribution is 2.34. The first-order valence-corrected chi connectivity index (χ1v) is 6.47. The summed E-state index contributed by atoms with van der Waals surface area (Å²) in [4.78, 5) is 0. The minimum Gasteiger partial charge on any atom is -0.487 e. The van der Waals surface area contributed by atoms with Crippen LogP contribution in [-0.2, 0) is 4.74 Å². The molecule has 0 bridgehead atoms. The molecule has 21 heavy (non-hydrogen) atoms. The number of hydrogen-bond acceptors (Lipinski definition) is 5. The van der Waals surface area contributed by atoms with E-state index >= 15 is 0 Å². The quantitative estimate of drug-likeness (QED) is 0.845. The molecule has 1 aliphatic heterocycles. The van der Waals surface area contributed by atoms with Crippen molar-refractivity contribution >= 4 is 0 Å². The van der Waals surface area contributed by atoms with Crippen molar-refractivity contribution in [1.82, 2.24) is 5.32 Å². The van der Waals surface area contributed by atoms with Crippen molar-refractivity contribution < 1.29 is 28.1 Å². The maximum absolute atomic E-state index is 12.4. The van der Waals surface area contributed by atoms with Crippen LogP contribution in [0.3, 0.4) is 0 Å². The topological polar surface area (TPSA) is 60.0 Å². The molecule has 116 valence electrons. The van der Waals surface area contributed by atoms with Crippen LogP contribution in [0.25, 0.3) is 0 Å². The van der Waals surface area contributed by atoms with Crippen molar-refractivity contribution in [2.75, 3.05) is 6.61 Å².